The van der Waals surface area contributed by atoms with Crippen molar-refractivity contribution in [3.8, 4) is 0 Å². The van der Waals surface area contributed by atoms with Crippen molar-refractivity contribution in [2.75, 3.05) is 36.1 Å². The lowest BCUT2D eigenvalue weighted by Crippen LogP contribution is -2.44. The molecule has 1 saturated carbocycles. The molecule has 0 unspecified atom stereocenters. The Morgan fingerprint density at radius 3 is 2.62 bits per heavy atom. The summed E-state index contributed by atoms with van der Waals surface area (Å²) in [5.41, 5.74) is 5.69. The number of nitrogen functional groups attached to an aromatic ring is 1. The van der Waals surface area contributed by atoms with Gasteiger partial charge >= 0.3 is 0 Å². The minimum atomic E-state index is -2.58. The zero-order valence-corrected chi connectivity index (χ0v) is 11.8. The van der Waals surface area contributed by atoms with Crippen LogP contribution in [0.4, 0.5) is 26.6 Å². The maximum absolute atomic E-state index is 12.8. The van der Waals surface area contributed by atoms with Crippen LogP contribution in [0, 0.1) is 0 Å². The molecule has 1 aliphatic carbocycles. The molecule has 21 heavy (non-hydrogen) atoms. The summed E-state index contributed by atoms with van der Waals surface area (Å²) in [4.78, 5) is 14.4. The average molecular weight is 299 g/mol. The third kappa shape index (κ3) is 3.12. The zero-order valence-electron chi connectivity index (χ0n) is 11.8. The number of nitrogens with two attached hydrogens (primary N) is 1. The first-order valence-electron chi connectivity index (χ1n) is 7.03. The topological polar surface area (TPSA) is 92.0 Å². The molecule has 1 aromatic rings. The average Bonchev–Trinajstić information content (AvgIpc) is 2.84. The van der Waals surface area contributed by atoms with Gasteiger partial charge in [0.25, 0.3) is 5.92 Å². The van der Waals surface area contributed by atoms with E-state index < -0.39 is 5.92 Å². The van der Waals surface area contributed by atoms with Gasteiger partial charge in [-0.2, -0.15) is 15.0 Å². The van der Waals surface area contributed by atoms with E-state index in [1.165, 1.54) is 0 Å². The van der Waals surface area contributed by atoms with E-state index >= 15 is 0 Å². The molecular weight excluding hydrogens is 280 g/mol. The Labute approximate surface area is 121 Å². The maximum atomic E-state index is 12.8. The highest BCUT2D eigenvalue weighted by molar-refractivity contribution is 5.43. The normalized spacial score (nSPS) is 24.9. The third-order valence-corrected chi connectivity index (χ3v) is 3.94. The van der Waals surface area contributed by atoms with Gasteiger partial charge in [0.05, 0.1) is 0 Å². The molecule has 9 heteroatoms. The molecule has 1 saturated heterocycles. The van der Waals surface area contributed by atoms with Gasteiger partial charge in [-0.05, 0) is 13.5 Å². The first-order chi connectivity index (χ1) is 9.95. The minimum Gasteiger partial charge on any atom is -0.368 e. The standard InChI is InChI=1S/C12H19F2N7/c1-16-7-2-3-21(6-7)11-19-9(15)18-10(20-11)17-8-4-12(13,14)5-8/h7-8,16H,2-6H2,1H3,(H3,15,17,18,19,20)/t7-/m1/s1. The lowest BCUT2D eigenvalue weighted by atomic mass is 9.88. The van der Waals surface area contributed by atoms with Crippen molar-refractivity contribution in [1.82, 2.24) is 20.3 Å². The number of hydrogen-bond donors (Lipinski definition) is 3. The molecule has 0 aromatic carbocycles. The molecule has 0 amide bonds. The van der Waals surface area contributed by atoms with Crippen LogP contribution < -0.4 is 21.3 Å². The molecule has 4 N–H and O–H groups in total. The van der Waals surface area contributed by atoms with Gasteiger partial charge < -0.3 is 21.3 Å². The molecule has 2 aliphatic rings. The number of nitrogens with zero attached hydrogens (tertiary/aromatic N) is 4. The number of alkyl halides is 2. The molecule has 1 atom stereocenters. The van der Waals surface area contributed by atoms with Gasteiger partial charge in [0.2, 0.25) is 17.8 Å². The van der Waals surface area contributed by atoms with Gasteiger partial charge in [0, 0.05) is 38.0 Å². The monoisotopic (exact) mass is 299 g/mol. The summed E-state index contributed by atoms with van der Waals surface area (Å²) in [5.74, 6) is -1.71. The van der Waals surface area contributed by atoms with Gasteiger partial charge in [-0.15, -0.1) is 0 Å². The number of rotatable bonds is 4. The van der Waals surface area contributed by atoms with Crippen molar-refractivity contribution in [3.63, 3.8) is 0 Å². The number of hydrogen-bond acceptors (Lipinski definition) is 7. The Bertz CT molecular complexity index is 516. The SMILES string of the molecule is CN[C@@H]1CCN(c2nc(N)nc(NC3CC(F)(F)C3)n2)C1. The lowest BCUT2D eigenvalue weighted by molar-refractivity contribution is -0.0794. The largest absolute Gasteiger partial charge is 0.368 e. The van der Waals surface area contributed by atoms with Crippen LogP contribution in [0.2, 0.25) is 0 Å². The highest BCUT2D eigenvalue weighted by atomic mass is 19.3. The summed E-state index contributed by atoms with van der Waals surface area (Å²) in [5, 5.41) is 6.11. The molecule has 3 rings (SSSR count). The minimum absolute atomic E-state index is 0.0986. The van der Waals surface area contributed by atoms with Gasteiger partial charge in [0.1, 0.15) is 0 Å². The predicted octanol–water partition coefficient (Wildman–Crippen LogP) is 0.461. The Morgan fingerprint density at radius 1 is 1.24 bits per heavy atom. The van der Waals surface area contributed by atoms with Crippen molar-refractivity contribution in [3.05, 3.63) is 0 Å². The van der Waals surface area contributed by atoms with Gasteiger partial charge in [-0.3, -0.25) is 0 Å². The summed E-state index contributed by atoms with van der Waals surface area (Å²) in [6.45, 7) is 1.62. The number of aromatic nitrogens is 3. The summed E-state index contributed by atoms with van der Waals surface area (Å²) >= 11 is 0. The number of nitrogens with one attached hydrogen (secondary N) is 2. The molecule has 0 radical (unpaired) electrons. The number of anilines is 3. The third-order valence-electron chi connectivity index (χ3n) is 3.94. The van der Waals surface area contributed by atoms with E-state index in [1.54, 1.807) is 0 Å². The predicted molar refractivity (Wildman–Crippen MR) is 75.5 cm³/mol. The van der Waals surface area contributed by atoms with Crippen LogP contribution in [-0.2, 0) is 0 Å². The Balaban J connectivity index is 1.68. The first kappa shape index (κ1) is 14.2. The first-order valence-corrected chi connectivity index (χ1v) is 7.03. The molecule has 116 valence electrons. The van der Waals surface area contributed by atoms with Crippen molar-refractivity contribution >= 4 is 17.8 Å². The van der Waals surface area contributed by atoms with Crippen LogP contribution in [0.1, 0.15) is 19.3 Å². The summed E-state index contributed by atoms with van der Waals surface area (Å²) in [6, 6.07) is 0.0861. The van der Waals surface area contributed by atoms with E-state index in [0.29, 0.717) is 12.0 Å². The van der Waals surface area contributed by atoms with Gasteiger partial charge in [-0.25, -0.2) is 8.78 Å². The Hall–Kier alpha value is -1.77. The lowest BCUT2D eigenvalue weighted by Gasteiger charge is -2.35. The fourth-order valence-corrected chi connectivity index (χ4v) is 2.71. The fraction of sp³-hybridized carbons (Fsp3) is 0.750. The second-order valence-electron chi connectivity index (χ2n) is 5.64. The van der Waals surface area contributed by atoms with E-state index in [9.17, 15) is 8.78 Å². The van der Waals surface area contributed by atoms with Crippen LogP contribution >= 0.6 is 0 Å². The fourth-order valence-electron chi connectivity index (χ4n) is 2.71. The number of likely N-dealkylation sites (N-methyl/N-ethyl adjacent to an activating group) is 1. The molecule has 2 fully saturated rings. The maximum Gasteiger partial charge on any atom is 0.252 e. The molecular formula is C12H19F2N7. The molecule has 0 bridgehead atoms. The summed E-state index contributed by atoms with van der Waals surface area (Å²) < 4.78 is 25.7. The highest BCUT2D eigenvalue weighted by Gasteiger charge is 2.45. The van der Waals surface area contributed by atoms with Gasteiger partial charge in [0.15, 0.2) is 0 Å². The van der Waals surface area contributed by atoms with Gasteiger partial charge in [-0.1, -0.05) is 0 Å². The summed E-state index contributed by atoms with van der Waals surface area (Å²) in [6.07, 6.45) is 0.610. The van der Waals surface area contributed by atoms with E-state index in [0.717, 1.165) is 19.5 Å². The summed E-state index contributed by atoms with van der Waals surface area (Å²) in [7, 11) is 1.92. The van der Waals surface area contributed by atoms with Crippen molar-refractivity contribution < 1.29 is 8.78 Å². The number of halogens is 2. The van der Waals surface area contributed by atoms with Crippen molar-refractivity contribution in [2.24, 2.45) is 0 Å². The van der Waals surface area contributed by atoms with E-state index in [2.05, 4.69) is 25.6 Å². The van der Waals surface area contributed by atoms with Crippen LogP contribution in [0.3, 0.4) is 0 Å². The van der Waals surface area contributed by atoms with E-state index in [4.69, 9.17) is 5.73 Å². The van der Waals surface area contributed by atoms with Crippen molar-refractivity contribution in [2.45, 2.75) is 37.3 Å². The van der Waals surface area contributed by atoms with Crippen LogP contribution in [0.5, 0.6) is 0 Å². The van der Waals surface area contributed by atoms with Crippen LogP contribution in [0.25, 0.3) is 0 Å². The zero-order chi connectivity index (χ0) is 15.0. The highest BCUT2D eigenvalue weighted by Crippen LogP contribution is 2.38. The van der Waals surface area contributed by atoms with Crippen LogP contribution in [-0.4, -0.2) is 53.1 Å². The molecule has 7 nitrogen and oxygen atoms in total. The van der Waals surface area contributed by atoms with Crippen LogP contribution in [0.15, 0.2) is 0 Å². The Morgan fingerprint density at radius 2 is 2.00 bits per heavy atom. The molecule has 1 aromatic heterocycles. The smallest absolute Gasteiger partial charge is 0.252 e. The van der Waals surface area contributed by atoms with Crippen molar-refractivity contribution in [1.29, 1.82) is 0 Å². The second kappa shape index (κ2) is 5.21. The van der Waals surface area contributed by atoms with E-state index in [-0.39, 0.29) is 30.8 Å². The molecule has 1 aliphatic heterocycles. The van der Waals surface area contributed by atoms with E-state index in [1.807, 2.05) is 11.9 Å². The molecule has 2 heterocycles. The molecule has 0 spiro atoms. The Kier molecular flexibility index (Phi) is 3.52. The second-order valence-corrected chi connectivity index (χ2v) is 5.64. The quantitative estimate of drug-likeness (QED) is 0.744.